The number of hydrogen-bond donors (Lipinski definition) is 1. The van der Waals surface area contributed by atoms with Crippen LogP contribution in [0.5, 0.6) is 5.75 Å². The summed E-state index contributed by atoms with van der Waals surface area (Å²) in [6.07, 6.45) is 6.51. The zero-order valence-corrected chi connectivity index (χ0v) is 18.0. The quantitative estimate of drug-likeness (QED) is 0.468. The molecule has 1 saturated carbocycles. The summed E-state index contributed by atoms with van der Waals surface area (Å²) in [6.45, 7) is 0.0545. The first kappa shape index (κ1) is 20.6. The van der Waals surface area contributed by atoms with Gasteiger partial charge in [0.15, 0.2) is 0 Å². The van der Waals surface area contributed by atoms with Crippen LogP contribution in [0.2, 0.25) is 0 Å². The summed E-state index contributed by atoms with van der Waals surface area (Å²) >= 11 is 3.43. The molecule has 1 heterocycles. The van der Waals surface area contributed by atoms with Gasteiger partial charge in [0, 0.05) is 21.6 Å². The van der Waals surface area contributed by atoms with E-state index in [2.05, 4.69) is 21.2 Å². The van der Waals surface area contributed by atoms with Crippen molar-refractivity contribution in [2.24, 2.45) is 0 Å². The van der Waals surface area contributed by atoms with Crippen LogP contribution in [0.1, 0.15) is 43.2 Å². The predicted molar refractivity (Wildman–Crippen MR) is 115 cm³/mol. The van der Waals surface area contributed by atoms with Crippen LogP contribution in [0.25, 0.3) is 6.08 Å². The highest BCUT2D eigenvalue weighted by molar-refractivity contribution is 9.10. The molecule has 0 unspecified atom stereocenters. The van der Waals surface area contributed by atoms with E-state index in [-0.39, 0.29) is 36.1 Å². The Morgan fingerprint density at radius 3 is 2.67 bits per heavy atom. The van der Waals surface area contributed by atoms with Crippen LogP contribution >= 0.6 is 15.9 Å². The number of amides is 3. The molecule has 0 spiro atoms. The first-order chi connectivity index (χ1) is 14.5. The normalized spacial score (nSPS) is 18.7. The number of rotatable bonds is 5. The molecule has 30 heavy (non-hydrogen) atoms. The molecule has 0 atom stereocenters. The second kappa shape index (κ2) is 9.00. The van der Waals surface area contributed by atoms with E-state index in [1.165, 1.54) is 11.0 Å². The second-order valence-electron chi connectivity index (χ2n) is 7.52. The Labute approximate surface area is 183 Å². The molecule has 7 heteroatoms. The maximum absolute atomic E-state index is 13.9. The van der Waals surface area contributed by atoms with Gasteiger partial charge in [-0.15, -0.1) is 0 Å². The first-order valence-corrected chi connectivity index (χ1v) is 10.8. The smallest absolute Gasteiger partial charge is 0.329 e. The van der Waals surface area contributed by atoms with E-state index >= 15 is 0 Å². The summed E-state index contributed by atoms with van der Waals surface area (Å²) < 4.78 is 20.5. The zero-order valence-electron chi connectivity index (χ0n) is 16.4. The average molecular weight is 473 g/mol. The van der Waals surface area contributed by atoms with E-state index in [9.17, 15) is 14.0 Å². The van der Waals surface area contributed by atoms with Crippen molar-refractivity contribution in [3.8, 4) is 5.75 Å². The van der Waals surface area contributed by atoms with E-state index < -0.39 is 0 Å². The Morgan fingerprint density at radius 2 is 1.90 bits per heavy atom. The molecule has 2 aromatic rings. The van der Waals surface area contributed by atoms with Crippen LogP contribution in [0.15, 0.2) is 52.6 Å². The molecule has 1 N–H and O–H groups in total. The molecule has 3 amide bonds. The van der Waals surface area contributed by atoms with Crippen molar-refractivity contribution in [2.45, 2.75) is 44.8 Å². The maximum Gasteiger partial charge on any atom is 0.329 e. The molecular formula is C23H22BrFN2O3. The number of ether oxygens (including phenoxy) is 1. The predicted octanol–water partition coefficient (Wildman–Crippen LogP) is 5.39. The van der Waals surface area contributed by atoms with Crippen LogP contribution in [0.3, 0.4) is 0 Å². The Morgan fingerprint density at radius 1 is 1.13 bits per heavy atom. The standard InChI is InChI=1S/C23H22BrFN2O3/c24-17-10-11-21(30-14-15-6-4-5-9-19(15)25)16(12-17)13-20-22(28)27(23(29)26-20)18-7-2-1-3-8-18/h4-6,9-13,18H,1-3,7-8,14H2,(H,26,29)/b20-13-. The van der Waals surface area contributed by atoms with Gasteiger partial charge in [-0.05, 0) is 43.2 Å². The van der Waals surface area contributed by atoms with Gasteiger partial charge < -0.3 is 10.1 Å². The number of hydrogen-bond acceptors (Lipinski definition) is 3. The molecule has 0 bridgehead atoms. The fraction of sp³-hybridized carbons (Fsp3) is 0.304. The Hall–Kier alpha value is -2.67. The Balaban J connectivity index is 1.57. The van der Waals surface area contributed by atoms with Gasteiger partial charge in [0.25, 0.3) is 5.91 Å². The van der Waals surface area contributed by atoms with Crippen molar-refractivity contribution in [1.29, 1.82) is 0 Å². The topological polar surface area (TPSA) is 58.6 Å². The average Bonchev–Trinajstić information content (AvgIpc) is 3.02. The van der Waals surface area contributed by atoms with Gasteiger partial charge in [0.1, 0.15) is 23.9 Å². The van der Waals surface area contributed by atoms with Gasteiger partial charge in [-0.2, -0.15) is 0 Å². The number of carbonyl (C=O) groups excluding carboxylic acids is 2. The molecular weight excluding hydrogens is 451 g/mol. The molecule has 1 aliphatic heterocycles. The van der Waals surface area contributed by atoms with E-state index in [0.29, 0.717) is 16.9 Å². The number of benzene rings is 2. The highest BCUT2D eigenvalue weighted by Crippen LogP contribution is 2.30. The number of urea groups is 1. The van der Waals surface area contributed by atoms with Crippen molar-refractivity contribution >= 4 is 33.9 Å². The number of nitrogens with zero attached hydrogens (tertiary/aromatic N) is 1. The van der Waals surface area contributed by atoms with E-state index in [1.807, 2.05) is 6.07 Å². The molecule has 4 rings (SSSR count). The monoisotopic (exact) mass is 472 g/mol. The van der Waals surface area contributed by atoms with E-state index in [1.54, 1.807) is 36.4 Å². The van der Waals surface area contributed by atoms with Crippen molar-refractivity contribution < 1.29 is 18.7 Å². The molecule has 0 aromatic heterocycles. The summed E-state index contributed by atoms with van der Waals surface area (Å²) in [6, 6.07) is 11.4. The molecule has 156 valence electrons. The van der Waals surface area contributed by atoms with Crippen LogP contribution in [0.4, 0.5) is 9.18 Å². The molecule has 2 aromatic carbocycles. The number of halogens is 2. The van der Waals surface area contributed by atoms with Gasteiger partial charge in [0.2, 0.25) is 0 Å². The van der Waals surface area contributed by atoms with Gasteiger partial charge in [-0.3, -0.25) is 9.69 Å². The van der Waals surface area contributed by atoms with Gasteiger partial charge in [0.05, 0.1) is 0 Å². The number of imide groups is 1. The maximum atomic E-state index is 13.9. The van der Waals surface area contributed by atoms with Crippen LogP contribution < -0.4 is 10.1 Å². The summed E-state index contributed by atoms with van der Waals surface area (Å²) in [5, 5.41) is 2.70. The largest absolute Gasteiger partial charge is 0.488 e. The summed E-state index contributed by atoms with van der Waals surface area (Å²) in [4.78, 5) is 26.7. The van der Waals surface area contributed by atoms with Gasteiger partial charge in [-0.25, -0.2) is 9.18 Å². The van der Waals surface area contributed by atoms with Crippen LogP contribution in [-0.2, 0) is 11.4 Å². The fourth-order valence-corrected chi connectivity index (χ4v) is 4.29. The lowest BCUT2D eigenvalue weighted by Crippen LogP contribution is -2.41. The van der Waals surface area contributed by atoms with Crippen molar-refractivity contribution in [1.82, 2.24) is 10.2 Å². The van der Waals surface area contributed by atoms with Crippen LogP contribution in [-0.4, -0.2) is 22.9 Å². The fourth-order valence-electron chi connectivity index (χ4n) is 3.91. The number of carbonyl (C=O) groups is 2. The van der Waals surface area contributed by atoms with Crippen molar-refractivity contribution in [3.05, 3.63) is 69.6 Å². The summed E-state index contributed by atoms with van der Waals surface area (Å²) in [5.41, 5.74) is 1.28. The molecule has 0 radical (unpaired) electrons. The third-order valence-corrected chi connectivity index (χ3v) is 5.96. The Bertz CT molecular complexity index is 1000. The van der Waals surface area contributed by atoms with Crippen molar-refractivity contribution in [2.75, 3.05) is 0 Å². The summed E-state index contributed by atoms with van der Waals surface area (Å²) in [5.74, 6) is -0.157. The van der Waals surface area contributed by atoms with Crippen molar-refractivity contribution in [3.63, 3.8) is 0 Å². The lowest BCUT2D eigenvalue weighted by molar-refractivity contribution is -0.124. The zero-order chi connectivity index (χ0) is 21.1. The van der Waals surface area contributed by atoms with Gasteiger partial charge in [-0.1, -0.05) is 53.4 Å². The lowest BCUT2D eigenvalue weighted by Gasteiger charge is -2.28. The highest BCUT2D eigenvalue weighted by atomic mass is 79.9. The van der Waals surface area contributed by atoms with Crippen LogP contribution in [0, 0.1) is 5.82 Å². The van der Waals surface area contributed by atoms with E-state index in [4.69, 9.17) is 4.74 Å². The van der Waals surface area contributed by atoms with Gasteiger partial charge >= 0.3 is 6.03 Å². The first-order valence-electron chi connectivity index (χ1n) is 10.0. The molecule has 1 saturated heterocycles. The minimum absolute atomic E-state index is 0.0450. The Kier molecular flexibility index (Phi) is 6.18. The van der Waals surface area contributed by atoms with E-state index in [0.717, 1.165) is 36.6 Å². The number of nitrogens with one attached hydrogen (secondary N) is 1. The molecule has 1 aliphatic carbocycles. The minimum Gasteiger partial charge on any atom is -0.488 e. The third kappa shape index (κ3) is 4.41. The summed E-state index contributed by atoms with van der Waals surface area (Å²) in [7, 11) is 0. The second-order valence-corrected chi connectivity index (χ2v) is 8.43. The lowest BCUT2D eigenvalue weighted by atomic mass is 9.94. The molecule has 2 aliphatic rings. The molecule has 2 fully saturated rings. The highest BCUT2D eigenvalue weighted by Gasteiger charge is 2.39. The third-order valence-electron chi connectivity index (χ3n) is 5.46. The molecule has 5 nitrogen and oxygen atoms in total. The SMILES string of the molecule is O=C1N/C(=C\c2cc(Br)ccc2OCc2ccccc2F)C(=O)N1C1CCCCC1. The minimum atomic E-state index is -0.373.